The van der Waals surface area contributed by atoms with Crippen molar-refractivity contribution in [1.82, 2.24) is 14.9 Å². The first kappa shape index (κ1) is 23.0. The first-order valence-corrected chi connectivity index (χ1v) is 10.9. The summed E-state index contributed by atoms with van der Waals surface area (Å²) in [4.78, 5) is 23.0. The molecule has 0 aliphatic carbocycles. The van der Waals surface area contributed by atoms with Gasteiger partial charge in [0.15, 0.2) is 0 Å². The number of amides is 1. The highest BCUT2D eigenvalue weighted by molar-refractivity contribution is 6.05. The Kier molecular flexibility index (Phi) is 6.78. The van der Waals surface area contributed by atoms with Gasteiger partial charge in [-0.15, -0.1) is 0 Å². The zero-order valence-electron chi connectivity index (χ0n) is 18.1. The second-order valence-electron chi connectivity index (χ2n) is 8.14. The topological polar surface area (TPSA) is 81.3 Å². The second-order valence-corrected chi connectivity index (χ2v) is 8.14. The fourth-order valence-corrected chi connectivity index (χ4v) is 4.09. The highest BCUT2D eigenvalue weighted by atomic mass is 19.4. The first-order valence-electron chi connectivity index (χ1n) is 10.9. The van der Waals surface area contributed by atoms with E-state index in [0.717, 1.165) is 37.3 Å². The minimum absolute atomic E-state index is 0.252. The van der Waals surface area contributed by atoms with E-state index in [2.05, 4.69) is 14.9 Å². The zero-order chi connectivity index (χ0) is 23.4. The first-order chi connectivity index (χ1) is 15.8. The molecule has 1 fully saturated rings. The van der Waals surface area contributed by atoms with E-state index in [1.165, 1.54) is 31.3 Å². The molecule has 0 bridgehead atoms. The van der Waals surface area contributed by atoms with Crippen LogP contribution in [0.5, 0.6) is 5.75 Å². The molecule has 1 aromatic heterocycles. The predicted molar refractivity (Wildman–Crippen MR) is 118 cm³/mol. The predicted octanol–water partition coefficient (Wildman–Crippen LogP) is 4.01. The number of carbonyl (C=O) groups is 1. The number of aryl methyl sites for hydroxylation is 2. The van der Waals surface area contributed by atoms with Gasteiger partial charge in [-0.2, -0.15) is 13.2 Å². The van der Waals surface area contributed by atoms with Crippen LogP contribution in [0.2, 0.25) is 0 Å². The minimum atomic E-state index is -4.36. The van der Waals surface area contributed by atoms with Gasteiger partial charge in [-0.25, -0.2) is 9.97 Å². The van der Waals surface area contributed by atoms with Crippen molar-refractivity contribution in [3.05, 3.63) is 65.1 Å². The number of rotatable bonds is 8. The summed E-state index contributed by atoms with van der Waals surface area (Å²) in [6.07, 6.45) is 0.335. The van der Waals surface area contributed by atoms with E-state index in [4.69, 9.17) is 10.5 Å². The molecule has 0 unspecified atom stereocenters. The summed E-state index contributed by atoms with van der Waals surface area (Å²) >= 11 is 0. The number of halogens is 3. The maximum atomic E-state index is 12.8. The number of hydrogen-bond donors (Lipinski definition) is 1. The fraction of sp³-hybridized carbons (Fsp3) is 0.375. The van der Waals surface area contributed by atoms with Crippen LogP contribution in [0.4, 0.5) is 13.2 Å². The van der Waals surface area contributed by atoms with Crippen molar-refractivity contribution in [3.63, 3.8) is 0 Å². The monoisotopic (exact) mass is 458 g/mol. The smallest absolute Gasteiger partial charge is 0.416 e. The van der Waals surface area contributed by atoms with E-state index in [9.17, 15) is 18.0 Å². The highest BCUT2D eigenvalue weighted by Crippen LogP contribution is 2.30. The standard InChI is InChI=1S/C24H25F3N4O2/c25-24(26,27)17-6-3-16(4-7-17)5-8-21-19-13-18(33-12-11-31-9-1-2-10-31)14-20(23(28)32)22(19)30-15-29-21/h3-4,6-7,13-15H,1-2,5,8-12H2,(H2,28,32). The number of hydrogen-bond acceptors (Lipinski definition) is 5. The van der Waals surface area contributed by atoms with E-state index in [-0.39, 0.29) is 5.56 Å². The third-order valence-electron chi connectivity index (χ3n) is 5.87. The van der Waals surface area contributed by atoms with Crippen LogP contribution in [0.25, 0.3) is 10.9 Å². The molecule has 1 aliphatic rings. The van der Waals surface area contributed by atoms with Gasteiger partial charge >= 0.3 is 6.18 Å². The summed E-state index contributed by atoms with van der Waals surface area (Å²) in [5, 5.41) is 0.650. The summed E-state index contributed by atoms with van der Waals surface area (Å²) < 4.78 is 44.3. The van der Waals surface area contributed by atoms with Gasteiger partial charge in [0.05, 0.1) is 22.3 Å². The third kappa shape index (κ3) is 5.60. The summed E-state index contributed by atoms with van der Waals surface area (Å²) in [6, 6.07) is 8.48. The molecule has 1 aliphatic heterocycles. The molecule has 1 saturated heterocycles. The molecule has 3 aromatic rings. The Hall–Kier alpha value is -3.20. The number of benzene rings is 2. The zero-order valence-corrected chi connectivity index (χ0v) is 18.1. The van der Waals surface area contributed by atoms with Crippen molar-refractivity contribution in [2.24, 2.45) is 5.73 Å². The SMILES string of the molecule is NC(=O)c1cc(OCCN2CCCC2)cc2c(CCc3ccc(C(F)(F)F)cc3)ncnc12. The van der Waals surface area contributed by atoms with Gasteiger partial charge < -0.3 is 10.5 Å². The average Bonchev–Trinajstić information content (AvgIpc) is 3.30. The Morgan fingerprint density at radius 2 is 1.79 bits per heavy atom. The molecule has 6 nitrogen and oxygen atoms in total. The van der Waals surface area contributed by atoms with Crippen LogP contribution in [-0.4, -0.2) is 47.0 Å². The third-order valence-corrected chi connectivity index (χ3v) is 5.87. The number of aromatic nitrogens is 2. The molecule has 4 rings (SSSR count). The number of ether oxygens (including phenoxy) is 1. The van der Waals surface area contributed by atoms with Gasteiger partial charge in [-0.05, 0) is 68.6 Å². The van der Waals surface area contributed by atoms with Crippen LogP contribution in [0, 0.1) is 0 Å². The molecule has 2 aromatic carbocycles. The summed E-state index contributed by atoms with van der Waals surface area (Å²) in [6.45, 7) is 3.42. The Bertz CT molecular complexity index is 1130. The van der Waals surface area contributed by atoms with Crippen molar-refractivity contribution >= 4 is 16.8 Å². The summed E-state index contributed by atoms with van der Waals surface area (Å²) in [5.74, 6) is -0.0986. The molecule has 174 valence electrons. The normalized spacial score (nSPS) is 14.6. The van der Waals surface area contributed by atoms with Gasteiger partial charge in [0, 0.05) is 11.9 Å². The maximum Gasteiger partial charge on any atom is 0.416 e. The van der Waals surface area contributed by atoms with Gasteiger partial charge in [0.1, 0.15) is 18.7 Å². The van der Waals surface area contributed by atoms with E-state index in [1.807, 2.05) is 0 Å². The molecule has 0 saturated carbocycles. The van der Waals surface area contributed by atoms with Crippen LogP contribution in [0.1, 0.15) is 40.0 Å². The molecular weight excluding hydrogens is 433 g/mol. The summed E-state index contributed by atoms with van der Waals surface area (Å²) in [7, 11) is 0. The Morgan fingerprint density at radius 1 is 1.06 bits per heavy atom. The number of likely N-dealkylation sites (tertiary alicyclic amines) is 1. The molecule has 0 radical (unpaired) electrons. The van der Waals surface area contributed by atoms with Gasteiger partial charge in [0.25, 0.3) is 5.91 Å². The van der Waals surface area contributed by atoms with Crippen LogP contribution in [-0.2, 0) is 19.0 Å². The molecule has 0 atom stereocenters. The van der Waals surface area contributed by atoms with E-state index < -0.39 is 17.6 Å². The van der Waals surface area contributed by atoms with Gasteiger partial charge in [-0.1, -0.05) is 12.1 Å². The van der Waals surface area contributed by atoms with E-state index in [1.54, 1.807) is 12.1 Å². The molecule has 9 heteroatoms. The molecule has 2 N–H and O–H groups in total. The van der Waals surface area contributed by atoms with Crippen molar-refractivity contribution in [2.75, 3.05) is 26.2 Å². The molecule has 1 amide bonds. The van der Waals surface area contributed by atoms with E-state index >= 15 is 0 Å². The lowest BCUT2D eigenvalue weighted by Crippen LogP contribution is -2.25. The lowest BCUT2D eigenvalue weighted by Gasteiger charge is -2.16. The average molecular weight is 458 g/mol. The van der Waals surface area contributed by atoms with Crippen molar-refractivity contribution < 1.29 is 22.7 Å². The molecule has 0 spiro atoms. The Morgan fingerprint density at radius 3 is 2.45 bits per heavy atom. The number of fused-ring (bicyclic) bond motifs is 1. The Labute approximate surface area is 189 Å². The number of alkyl halides is 3. The summed E-state index contributed by atoms with van der Waals surface area (Å²) in [5.41, 5.74) is 7.02. The van der Waals surface area contributed by atoms with Crippen molar-refractivity contribution in [1.29, 1.82) is 0 Å². The second kappa shape index (κ2) is 9.74. The minimum Gasteiger partial charge on any atom is -0.492 e. The quantitative estimate of drug-likeness (QED) is 0.552. The molecule has 2 heterocycles. The van der Waals surface area contributed by atoms with Crippen LogP contribution in [0.15, 0.2) is 42.7 Å². The van der Waals surface area contributed by atoms with Crippen molar-refractivity contribution in [2.45, 2.75) is 31.9 Å². The lowest BCUT2D eigenvalue weighted by molar-refractivity contribution is -0.137. The highest BCUT2D eigenvalue weighted by Gasteiger charge is 2.29. The molecular formula is C24H25F3N4O2. The molecule has 33 heavy (non-hydrogen) atoms. The van der Waals surface area contributed by atoms with Gasteiger partial charge in [-0.3, -0.25) is 9.69 Å². The fourth-order valence-electron chi connectivity index (χ4n) is 4.09. The number of nitrogens with two attached hydrogens (primary N) is 1. The van der Waals surface area contributed by atoms with Gasteiger partial charge in [0.2, 0.25) is 0 Å². The number of primary amides is 1. The van der Waals surface area contributed by atoms with E-state index in [0.29, 0.717) is 41.8 Å². The van der Waals surface area contributed by atoms with Crippen molar-refractivity contribution in [3.8, 4) is 5.75 Å². The number of carbonyl (C=O) groups excluding carboxylic acids is 1. The lowest BCUT2D eigenvalue weighted by atomic mass is 10.0. The largest absolute Gasteiger partial charge is 0.492 e. The van der Waals surface area contributed by atoms with Crippen LogP contribution >= 0.6 is 0 Å². The van der Waals surface area contributed by atoms with Crippen LogP contribution < -0.4 is 10.5 Å². The van der Waals surface area contributed by atoms with Crippen LogP contribution in [0.3, 0.4) is 0 Å². The maximum absolute atomic E-state index is 12.8. The Balaban J connectivity index is 1.54. The number of nitrogens with zero attached hydrogens (tertiary/aromatic N) is 3.